The van der Waals surface area contributed by atoms with Crippen LogP contribution >= 0.6 is 0 Å². The molecular weight excluding hydrogens is 346 g/mol. The van der Waals surface area contributed by atoms with Gasteiger partial charge in [-0.15, -0.1) is 0 Å². The molecule has 142 valence electrons. The van der Waals surface area contributed by atoms with Gasteiger partial charge in [0.05, 0.1) is 16.9 Å². The van der Waals surface area contributed by atoms with Gasteiger partial charge in [-0.25, -0.2) is 14.8 Å². The molecule has 1 aromatic carbocycles. The van der Waals surface area contributed by atoms with Gasteiger partial charge in [0, 0.05) is 0 Å². The Hall–Kier alpha value is -2.67. The van der Waals surface area contributed by atoms with Crippen molar-refractivity contribution in [3.8, 4) is 0 Å². The molecule has 2 heterocycles. The van der Waals surface area contributed by atoms with Gasteiger partial charge in [0.1, 0.15) is 12.2 Å². The number of hydrogen-bond acceptors (Lipinski definition) is 5. The summed E-state index contributed by atoms with van der Waals surface area (Å²) in [4.78, 5) is 30.6. The van der Waals surface area contributed by atoms with Gasteiger partial charge in [-0.2, -0.15) is 4.68 Å². The van der Waals surface area contributed by atoms with Crippen LogP contribution in [0.3, 0.4) is 0 Å². The van der Waals surface area contributed by atoms with E-state index in [1.54, 1.807) is 24.3 Å². The third-order valence-electron chi connectivity index (χ3n) is 5.13. The van der Waals surface area contributed by atoms with Crippen molar-refractivity contribution in [3.05, 3.63) is 52.6 Å². The van der Waals surface area contributed by atoms with Gasteiger partial charge < -0.3 is 9.84 Å². The third-order valence-corrected chi connectivity index (χ3v) is 5.13. The number of amides is 1. The molecule has 1 amide bonds. The average Bonchev–Trinajstić information content (AvgIpc) is 2.96. The van der Waals surface area contributed by atoms with Crippen molar-refractivity contribution in [1.82, 2.24) is 9.66 Å². The lowest BCUT2D eigenvalue weighted by molar-refractivity contribution is 0.0504. The molecule has 1 aromatic heterocycles. The summed E-state index contributed by atoms with van der Waals surface area (Å²) in [6.45, 7) is 5.58. The third kappa shape index (κ3) is 2.82. The Morgan fingerprint density at radius 2 is 2.00 bits per heavy atom. The van der Waals surface area contributed by atoms with Crippen molar-refractivity contribution < 1.29 is 14.6 Å². The van der Waals surface area contributed by atoms with E-state index in [0.29, 0.717) is 17.3 Å². The van der Waals surface area contributed by atoms with Crippen molar-refractivity contribution in [2.75, 3.05) is 5.01 Å². The molecule has 3 atom stereocenters. The van der Waals surface area contributed by atoms with Gasteiger partial charge in [0.2, 0.25) is 0 Å². The summed E-state index contributed by atoms with van der Waals surface area (Å²) >= 11 is 0. The van der Waals surface area contributed by atoms with Crippen LogP contribution in [0.2, 0.25) is 0 Å². The van der Waals surface area contributed by atoms with Crippen LogP contribution in [0, 0.1) is 5.41 Å². The fraction of sp³-hybridized carbons (Fsp3) is 0.450. The molecular formula is C20H23N3O4. The van der Waals surface area contributed by atoms with Crippen molar-refractivity contribution >= 4 is 17.0 Å². The van der Waals surface area contributed by atoms with Gasteiger partial charge in [0.15, 0.2) is 5.82 Å². The predicted molar refractivity (Wildman–Crippen MR) is 101 cm³/mol. The van der Waals surface area contributed by atoms with Crippen molar-refractivity contribution in [1.29, 1.82) is 0 Å². The van der Waals surface area contributed by atoms with E-state index in [-0.39, 0.29) is 17.4 Å². The Bertz CT molecular complexity index is 989. The van der Waals surface area contributed by atoms with Crippen LogP contribution in [0.25, 0.3) is 10.9 Å². The second-order valence-corrected chi connectivity index (χ2v) is 8.14. The number of para-hydroxylation sites is 1. The van der Waals surface area contributed by atoms with Crippen molar-refractivity contribution in [2.45, 2.75) is 51.9 Å². The highest BCUT2D eigenvalue weighted by molar-refractivity contribution is 5.84. The lowest BCUT2D eigenvalue weighted by atomic mass is 9.88. The zero-order chi connectivity index (χ0) is 19.3. The molecule has 0 spiro atoms. The van der Waals surface area contributed by atoms with Gasteiger partial charge in [-0.1, -0.05) is 39.0 Å². The Morgan fingerprint density at radius 3 is 2.74 bits per heavy atom. The molecule has 2 aliphatic rings. The lowest BCUT2D eigenvalue weighted by Gasteiger charge is -2.32. The monoisotopic (exact) mass is 369 g/mol. The van der Waals surface area contributed by atoms with E-state index >= 15 is 0 Å². The maximum absolute atomic E-state index is 13.3. The van der Waals surface area contributed by atoms with Crippen LogP contribution in [0.4, 0.5) is 4.79 Å². The number of benzene rings is 1. The Morgan fingerprint density at radius 1 is 1.26 bits per heavy atom. The summed E-state index contributed by atoms with van der Waals surface area (Å²) in [7, 11) is 0. The second-order valence-electron chi connectivity index (χ2n) is 8.14. The fourth-order valence-electron chi connectivity index (χ4n) is 3.62. The number of carbonyl (C=O) groups excluding carboxylic acids is 1. The maximum atomic E-state index is 13.3. The minimum Gasteiger partial charge on any atom is -0.438 e. The number of nitrogens with zero attached hydrogens (tertiary/aromatic N) is 3. The second kappa shape index (κ2) is 6.20. The zero-order valence-electron chi connectivity index (χ0n) is 15.6. The van der Waals surface area contributed by atoms with E-state index in [9.17, 15) is 14.7 Å². The number of allylic oxidation sites excluding steroid dienone is 1. The number of carbonyl (C=O) groups is 1. The first-order valence-corrected chi connectivity index (χ1v) is 9.15. The van der Waals surface area contributed by atoms with Crippen molar-refractivity contribution in [2.24, 2.45) is 5.41 Å². The summed E-state index contributed by atoms with van der Waals surface area (Å²) in [5, 5.41) is 12.7. The summed E-state index contributed by atoms with van der Waals surface area (Å²) < 4.78 is 6.68. The minimum atomic E-state index is -1.04. The predicted octanol–water partition coefficient (Wildman–Crippen LogP) is 2.65. The molecule has 0 saturated carbocycles. The number of rotatable bonds is 2. The largest absolute Gasteiger partial charge is 0.438 e. The summed E-state index contributed by atoms with van der Waals surface area (Å²) in [5.41, 5.74) is -0.463. The Labute approximate surface area is 156 Å². The van der Waals surface area contributed by atoms with Gasteiger partial charge in [0.25, 0.3) is 5.56 Å². The lowest BCUT2D eigenvalue weighted by Crippen LogP contribution is -2.52. The Kier molecular flexibility index (Phi) is 4.07. The minimum absolute atomic E-state index is 0.151. The molecule has 1 saturated heterocycles. The molecule has 2 aromatic rings. The van der Waals surface area contributed by atoms with Crippen LogP contribution in [0.5, 0.6) is 0 Å². The van der Waals surface area contributed by atoms with E-state index in [4.69, 9.17) is 4.74 Å². The molecule has 7 heteroatoms. The standard InChI is InChI=1S/C20H23N3O4/c1-20(2,3)16(24)17-21-13-9-5-4-8-12(13)18(25)23(17)22-14-10-6-7-11-15(14)27-19(22)26/h4-5,7-9,11,14-16,24H,6,10H2,1-3H3/t14-,15+,16+/m0/s1. The van der Waals surface area contributed by atoms with Crippen LogP contribution < -0.4 is 10.6 Å². The van der Waals surface area contributed by atoms with E-state index in [2.05, 4.69) is 4.98 Å². The topological polar surface area (TPSA) is 84.7 Å². The molecule has 0 bridgehead atoms. The number of aromatic nitrogens is 2. The number of ether oxygens (including phenoxy) is 1. The fourth-order valence-corrected chi connectivity index (χ4v) is 3.62. The average molecular weight is 369 g/mol. The van der Waals surface area contributed by atoms with Gasteiger partial charge in [-0.05, 0) is 36.5 Å². The van der Waals surface area contributed by atoms with Crippen molar-refractivity contribution in [3.63, 3.8) is 0 Å². The van der Waals surface area contributed by atoms with Gasteiger partial charge >= 0.3 is 6.09 Å². The number of aliphatic hydroxyl groups excluding tert-OH is 1. The number of fused-ring (bicyclic) bond motifs is 2. The smallest absolute Gasteiger partial charge is 0.430 e. The highest BCUT2D eigenvalue weighted by atomic mass is 16.6. The highest BCUT2D eigenvalue weighted by Crippen LogP contribution is 2.34. The van der Waals surface area contributed by atoms with Crippen LogP contribution in [-0.4, -0.2) is 33.0 Å². The molecule has 0 radical (unpaired) electrons. The molecule has 1 aliphatic heterocycles. The molecule has 1 aliphatic carbocycles. The summed E-state index contributed by atoms with van der Waals surface area (Å²) in [6.07, 6.45) is 3.26. The molecule has 1 fully saturated rings. The zero-order valence-corrected chi connectivity index (χ0v) is 15.6. The van der Waals surface area contributed by atoms with E-state index in [1.165, 1.54) is 9.69 Å². The first-order chi connectivity index (χ1) is 12.8. The molecule has 1 N–H and O–H groups in total. The van der Waals surface area contributed by atoms with E-state index < -0.39 is 23.7 Å². The molecule has 7 nitrogen and oxygen atoms in total. The number of hydrogen-bond donors (Lipinski definition) is 1. The normalized spacial score (nSPS) is 23.4. The molecule has 0 unspecified atom stereocenters. The van der Waals surface area contributed by atoms with Crippen LogP contribution in [0.1, 0.15) is 45.5 Å². The van der Waals surface area contributed by atoms with Crippen LogP contribution in [-0.2, 0) is 4.74 Å². The van der Waals surface area contributed by atoms with Crippen LogP contribution in [0.15, 0.2) is 41.2 Å². The summed E-state index contributed by atoms with van der Waals surface area (Å²) in [6, 6.07) is 6.65. The highest BCUT2D eigenvalue weighted by Gasteiger charge is 2.45. The first kappa shape index (κ1) is 17.7. The maximum Gasteiger partial charge on any atom is 0.430 e. The first-order valence-electron chi connectivity index (χ1n) is 9.15. The quantitative estimate of drug-likeness (QED) is 0.823. The summed E-state index contributed by atoms with van der Waals surface area (Å²) in [5.74, 6) is 0.151. The van der Waals surface area contributed by atoms with Gasteiger partial charge in [-0.3, -0.25) is 4.79 Å². The molecule has 4 rings (SSSR count). The number of aliphatic hydroxyl groups is 1. The van der Waals surface area contributed by atoms with E-state index in [0.717, 1.165) is 6.42 Å². The van der Waals surface area contributed by atoms with E-state index in [1.807, 2.05) is 32.9 Å². The SMILES string of the molecule is CC(C)(C)[C@H](O)c1nc2ccccc2c(=O)n1N1C(=O)O[C@@H]2C=CCC[C@@H]21. The molecule has 27 heavy (non-hydrogen) atoms. The Balaban J connectivity index is 1.98.